The van der Waals surface area contributed by atoms with E-state index in [9.17, 15) is 9.59 Å². The summed E-state index contributed by atoms with van der Waals surface area (Å²) in [5.41, 5.74) is 3.06. The lowest BCUT2D eigenvalue weighted by Gasteiger charge is -2.33. The Kier molecular flexibility index (Phi) is 6.33. The minimum Gasteiger partial charge on any atom is -0.477 e. The SMILES string of the molecule is CC(=O)N1CC(C(=O)NCc2ccc(CN3CCCCC3)cc2)Oc2ccccc21. The number of nitrogens with zero attached hydrogens (tertiary/aromatic N) is 2. The van der Waals surface area contributed by atoms with Gasteiger partial charge in [-0.2, -0.15) is 0 Å². The van der Waals surface area contributed by atoms with E-state index in [4.69, 9.17) is 4.74 Å². The standard InChI is InChI=1S/C24H29N3O3/c1-18(28)27-17-23(30-22-8-4-3-7-21(22)27)24(29)25-15-19-9-11-20(12-10-19)16-26-13-5-2-6-14-26/h3-4,7-12,23H,2,5-6,13-17H2,1H3,(H,25,29). The van der Waals surface area contributed by atoms with Crippen LogP contribution in [0.4, 0.5) is 5.69 Å². The van der Waals surface area contributed by atoms with Crippen LogP contribution in [0.5, 0.6) is 5.75 Å². The first-order chi connectivity index (χ1) is 14.6. The molecule has 0 aliphatic carbocycles. The third kappa shape index (κ3) is 4.82. The van der Waals surface area contributed by atoms with Gasteiger partial charge in [0.25, 0.3) is 5.91 Å². The average Bonchev–Trinajstić information content (AvgIpc) is 2.78. The molecule has 1 saturated heterocycles. The van der Waals surface area contributed by atoms with Gasteiger partial charge >= 0.3 is 0 Å². The van der Waals surface area contributed by atoms with E-state index < -0.39 is 6.10 Å². The van der Waals surface area contributed by atoms with Crippen molar-refractivity contribution in [3.63, 3.8) is 0 Å². The first-order valence-electron chi connectivity index (χ1n) is 10.7. The number of nitrogens with one attached hydrogen (secondary N) is 1. The van der Waals surface area contributed by atoms with Crippen LogP contribution in [-0.4, -0.2) is 42.5 Å². The lowest BCUT2D eigenvalue weighted by Crippen LogP contribution is -2.50. The minimum absolute atomic E-state index is 0.104. The second-order valence-corrected chi connectivity index (χ2v) is 8.07. The number of likely N-dealkylation sites (tertiary alicyclic amines) is 1. The van der Waals surface area contributed by atoms with Crippen LogP contribution in [0, 0.1) is 0 Å². The predicted molar refractivity (Wildman–Crippen MR) is 116 cm³/mol. The number of benzene rings is 2. The van der Waals surface area contributed by atoms with Crippen molar-refractivity contribution >= 4 is 17.5 Å². The molecular formula is C24H29N3O3. The van der Waals surface area contributed by atoms with Crippen molar-refractivity contribution in [3.8, 4) is 5.75 Å². The van der Waals surface area contributed by atoms with Gasteiger partial charge in [0.15, 0.2) is 6.10 Å². The van der Waals surface area contributed by atoms with Crippen molar-refractivity contribution < 1.29 is 14.3 Å². The number of para-hydroxylation sites is 2. The highest BCUT2D eigenvalue weighted by Gasteiger charge is 2.32. The van der Waals surface area contributed by atoms with Crippen molar-refractivity contribution in [1.29, 1.82) is 0 Å². The average molecular weight is 408 g/mol. The van der Waals surface area contributed by atoms with Crippen LogP contribution in [-0.2, 0) is 22.7 Å². The molecular weight excluding hydrogens is 378 g/mol. The van der Waals surface area contributed by atoms with E-state index in [2.05, 4.69) is 34.5 Å². The summed E-state index contributed by atoms with van der Waals surface area (Å²) >= 11 is 0. The Morgan fingerprint density at radius 2 is 1.70 bits per heavy atom. The molecule has 2 amide bonds. The van der Waals surface area contributed by atoms with Gasteiger partial charge in [0.1, 0.15) is 5.75 Å². The molecule has 2 aromatic rings. The molecule has 1 unspecified atom stereocenters. The predicted octanol–water partition coefficient (Wildman–Crippen LogP) is 3.10. The molecule has 4 rings (SSSR count). The molecule has 1 fully saturated rings. The molecule has 6 nitrogen and oxygen atoms in total. The van der Waals surface area contributed by atoms with Crippen LogP contribution in [0.25, 0.3) is 0 Å². The first-order valence-corrected chi connectivity index (χ1v) is 10.7. The molecule has 0 saturated carbocycles. The number of anilines is 1. The van der Waals surface area contributed by atoms with Crippen LogP contribution in [0.2, 0.25) is 0 Å². The van der Waals surface area contributed by atoms with Crippen molar-refractivity contribution in [3.05, 3.63) is 59.7 Å². The van der Waals surface area contributed by atoms with Crippen molar-refractivity contribution in [1.82, 2.24) is 10.2 Å². The summed E-state index contributed by atoms with van der Waals surface area (Å²) in [7, 11) is 0. The second kappa shape index (κ2) is 9.30. The summed E-state index contributed by atoms with van der Waals surface area (Å²) in [6, 6.07) is 15.7. The molecule has 2 aromatic carbocycles. The summed E-state index contributed by atoms with van der Waals surface area (Å²) in [6.45, 7) is 5.50. The van der Waals surface area contributed by atoms with Crippen molar-refractivity contribution in [2.75, 3.05) is 24.5 Å². The van der Waals surface area contributed by atoms with E-state index in [1.165, 1.54) is 44.8 Å². The van der Waals surface area contributed by atoms with Crippen molar-refractivity contribution in [2.24, 2.45) is 0 Å². The van der Waals surface area contributed by atoms with Gasteiger partial charge in [-0.15, -0.1) is 0 Å². The lowest BCUT2D eigenvalue weighted by atomic mass is 10.1. The Morgan fingerprint density at radius 1 is 1.00 bits per heavy atom. The Hall–Kier alpha value is -2.86. The minimum atomic E-state index is -0.720. The molecule has 6 heteroatoms. The number of carbonyl (C=O) groups is 2. The maximum absolute atomic E-state index is 12.7. The third-order valence-corrected chi connectivity index (χ3v) is 5.79. The third-order valence-electron chi connectivity index (χ3n) is 5.79. The van der Waals surface area contributed by atoms with Crippen LogP contribution < -0.4 is 15.0 Å². The number of hydrogen-bond acceptors (Lipinski definition) is 4. The molecule has 0 bridgehead atoms. The Balaban J connectivity index is 1.32. The van der Waals surface area contributed by atoms with E-state index >= 15 is 0 Å². The number of carbonyl (C=O) groups excluding carboxylic acids is 2. The topological polar surface area (TPSA) is 61.9 Å². The maximum atomic E-state index is 12.7. The molecule has 1 N–H and O–H groups in total. The van der Waals surface area contributed by atoms with E-state index in [0.717, 1.165) is 12.1 Å². The number of rotatable bonds is 5. The largest absolute Gasteiger partial charge is 0.477 e. The van der Waals surface area contributed by atoms with Gasteiger partial charge in [0.2, 0.25) is 5.91 Å². The number of hydrogen-bond donors (Lipinski definition) is 1. The zero-order chi connectivity index (χ0) is 20.9. The van der Waals surface area contributed by atoms with Gasteiger partial charge in [-0.3, -0.25) is 14.5 Å². The number of ether oxygens (including phenoxy) is 1. The molecule has 1 atom stereocenters. The molecule has 2 aliphatic rings. The highest BCUT2D eigenvalue weighted by Crippen LogP contribution is 2.33. The summed E-state index contributed by atoms with van der Waals surface area (Å²) in [6.07, 6.45) is 3.20. The molecule has 2 heterocycles. The first kappa shape index (κ1) is 20.4. The molecule has 0 radical (unpaired) electrons. The zero-order valence-corrected chi connectivity index (χ0v) is 17.5. The van der Waals surface area contributed by atoms with Gasteiger partial charge in [-0.05, 0) is 49.2 Å². The van der Waals surface area contributed by atoms with E-state index in [-0.39, 0.29) is 18.4 Å². The molecule has 30 heavy (non-hydrogen) atoms. The lowest BCUT2D eigenvalue weighted by molar-refractivity contribution is -0.128. The van der Waals surface area contributed by atoms with E-state index in [1.807, 2.05) is 18.2 Å². The van der Waals surface area contributed by atoms with Gasteiger partial charge in [0.05, 0.1) is 12.2 Å². The van der Waals surface area contributed by atoms with E-state index in [1.54, 1.807) is 11.0 Å². The number of amides is 2. The van der Waals surface area contributed by atoms with E-state index in [0.29, 0.717) is 18.0 Å². The smallest absolute Gasteiger partial charge is 0.263 e. The van der Waals surface area contributed by atoms with Crippen LogP contribution in [0.1, 0.15) is 37.3 Å². The fourth-order valence-electron chi connectivity index (χ4n) is 4.11. The molecule has 158 valence electrons. The summed E-state index contributed by atoms with van der Waals surface area (Å²) in [5, 5.41) is 2.95. The normalized spacial score (nSPS) is 19.0. The van der Waals surface area contributed by atoms with Crippen LogP contribution in [0.15, 0.2) is 48.5 Å². The van der Waals surface area contributed by atoms with Gasteiger partial charge < -0.3 is 15.0 Å². The molecule has 2 aliphatic heterocycles. The van der Waals surface area contributed by atoms with Crippen LogP contribution >= 0.6 is 0 Å². The van der Waals surface area contributed by atoms with Crippen LogP contribution in [0.3, 0.4) is 0 Å². The Morgan fingerprint density at radius 3 is 2.43 bits per heavy atom. The van der Waals surface area contributed by atoms with Crippen molar-refractivity contribution in [2.45, 2.75) is 45.4 Å². The summed E-state index contributed by atoms with van der Waals surface area (Å²) in [5.74, 6) is 0.238. The highest BCUT2D eigenvalue weighted by molar-refractivity contribution is 5.95. The van der Waals surface area contributed by atoms with Gasteiger partial charge in [-0.1, -0.05) is 42.8 Å². The monoisotopic (exact) mass is 407 g/mol. The van der Waals surface area contributed by atoms with Gasteiger partial charge in [-0.25, -0.2) is 0 Å². The zero-order valence-electron chi connectivity index (χ0n) is 17.5. The second-order valence-electron chi connectivity index (χ2n) is 8.07. The maximum Gasteiger partial charge on any atom is 0.263 e. The number of piperidine rings is 1. The fraction of sp³-hybridized carbons (Fsp3) is 0.417. The summed E-state index contributed by atoms with van der Waals surface area (Å²) in [4.78, 5) is 28.8. The highest BCUT2D eigenvalue weighted by atomic mass is 16.5. The number of fused-ring (bicyclic) bond motifs is 1. The Labute approximate surface area is 177 Å². The summed E-state index contributed by atoms with van der Waals surface area (Å²) < 4.78 is 5.85. The fourth-order valence-corrected chi connectivity index (χ4v) is 4.11. The molecule has 0 spiro atoms. The van der Waals surface area contributed by atoms with Gasteiger partial charge in [0, 0.05) is 20.0 Å². The molecule has 0 aromatic heterocycles. The quantitative estimate of drug-likeness (QED) is 0.827. The Bertz CT molecular complexity index is 891.